The molecule has 2 atom stereocenters. The zero-order chi connectivity index (χ0) is 11.7. The Balaban J connectivity index is 1.61. The molecule has 0 bridgehead atoms. The highest BCUT2D eigenvalue weighted by molar-refractivity contribution is 5.89. The van der Waals surface area contributed by atoms with Crippen LogP contribution in [0.5, 0.6) is 0 Å². The van der Waals surface area contributed by atoms with Gasteiger partial charge in [0.2, 0.25) is 0 Å². The number of hydrogen-bond acceptors (Lipinski definition) is 2. The van der Waals surface area contributed by atoms with E-state index in [1.165, 1.54) is 6.42 Å². The lowest BCUT2D eigenvalue weighted by Gasteiger charge is -2.18. The van der Waals surface area contributed by atoms with Gasteiger partial charge in [0.15, 0.2) is 0 Å². The zero-order valence-corrected chi connectivity index (χ0v) is 9.73. The lowest BCUT2D eigenvalue weighted by Crippen LogP contribution is -2.36. The summed E-state index contributed by atoms with van der Waals surface area (Å²) in [6, 6.07) is 10.1. The molecule has 0 radical (unpaired) electrons. The van der Waals surface area contributed by atoms with Crippen LogP contribution in [0.2, 0.25) is 0 Å². The Morgan fingerprint density at radius 3 is 2.88 bits per heavy atom. The Hall–Kier alpha value is -1.55. The summed E-state index contributed by atoms with van der Waals surface area (Å²) < 4.78 is 0. The van der Waals surface area contributed by atoms with Crippen molar-refractivity contribution >= 4 is 11.7 Å². The number of amides is 2. The molecule has 1 aromatic carbocycles. The fraction of sp³-hybridized carbons (Fsp3) is 0.462. The average molecular weight is 231 g/mol. The minimum atomic E-state index is 0.0207. The molecule has 2 aliphatic heterocycles. The van der Waals surface area contributed by atoms with Crippen LogP contribution >= 0.6 is 0 Å². The number of carbonyl (C=O) groups is 1. The highest BCUT2D eigenvalue weighted by Gasteiger charge is 2.37. The molecule has 4 nitrogen and oxygen atoms in total. The number of para-hydroxylation sites is 1. The number of fused-ring (bicyclic) bond motifs is 1. The van der Waals surface area contributed by atoms with E-state index in [0.29, 0.717) is 12.0 Å². The summed E-state index contributed by atoms with van der Waals surface area (Å²) in [7, 11) is 0. The van der Waals surface area contributed by atoms with Gasteiger partial charge in [0, 0.05) is 24.8 Å². The van der Waals surface area contributed by atoms with Crippen LogP contribution in [-0.2, 0) is 0 Å². The summed E-state index contributed by atoms with van der Waals surface area (Å²) in [5, 5.41) is 6.38. The number of anilines is 1. The van der Waals surface area contributed by atoms with Gasteiger partial charge in [-0.1, -0.05) is 18.2 Å². The van der Waals surface area contributed by atoms with Crippen LogP contribution < -0.4 is 10.6 Å². The van der Waals surface area contributed by atoms with Crippen LogP contribution in [0.25, 0.3) is 0 Å². The van der Waals surface area contributed by atoms with Gasteiger partial charge in [-0.2, -0.15) is 0 Å². The lowest BCUT2D eigenvalue weighted by molar-refractivity contribution is 0.219. The normalized spacial score (nSPS) is 26.9. The number of likely N-dealkylation sites (tertiary alicyclic amines) is 1. The van der Waals surface area contributed by atoms with Crippen molar-refractivity contribution in [3.8, 4) is 0 Å². The molecule has 0 aliphatic carbocycles. The van der Waals surface area contributed by atoms with Crippen molar-refractivity contribution in [1.82, 2.24) is 10.2 Å². The molecule has 0 aromatic heterocycles. The van der Waals surface area contributed by atoms with Crippen LogP contribution in [0.15, 0.2) is 30.3 Å². The minimum absolute atomic E-state index is 0.0207. The Kier molecular flexibility index (Phi) is 2.73. The third-order valence-corrected chi connectivity index (χ3v) is 3.67. The average Bonchev–Trinajstić information content (AvgIpc) is 2.90. The van der Waals surface area contributed by atoms with Gasteiger partial charge >= 0.3 is 6.03 Å². The fourth-order valence-corrected chi connectivity index (χ4v) is 2.74. The Morgan fingerprint density at radius 1 is 1.29 bits per heavy atom. The zero-order valence-electron chi connectivity index (χ0n) is 9.73. The van der Waals surface area contributed by atoms with Crippen molar-refractivity contribution in [2.75, 3.05) is 25.0 Å². The second-order valence-electron chi connectivity index (χ2n) is 4.81. The molecule has 1 aromatic rings. The maximum Gasteiger partial charge on any atom is 0.321 e. The quantitative estimate of drug-likeness (QED) is 0.769. The molecule has 0 spiro atoms. The Bertz CT molecular complexity index is 394. The van der Waals surface area contributed by atoms with Gasteiger partial charge in [0.05, 0.1) is 0 Å². The largest absolute Gasteiger partial charge is 0.323 e. The van der Waals surface area contributed by atoms with E-state index in [4.69, 9.17) is 0 Å². The molecule has 2 N–H and O–H groups in total. The Labute approximate surface area is 101 Å². The van der Waals surface area contributed by atoms with E-state index >= 15 is 0 Å². The number of benzene rings is 1. The second-order valence-corrected chi connectivity index (χ2v) is 4.81. The highest BCUT2D eigenvalue weighted by atomic mass is 16.2. The van der Waals surface area contributed by atoms with E-state index in [9.17, 15) is 4.79 Å². The topological polar surface area (TPSA) is 44.4 Å². The number of rotatable bonds is 1. The first kappa shape index (κ1) is 10.6. The molecule has 17 heavy (non-hydrogen) atoms. The first-order chi connectivity index (χ1) is 8.33. The van der Waals surface area contributed by atoms with Gasteiger partial charge in [-0.3, -0.25) is 0 Å². The maximum atomic E-state index is 12.0. The molecule has 2 fully saturated rings. The third kappa shape index (κ3) is 2.13. The van der Waals surface area contributed by atoms with Crippen LogP contribution in [-0.4, -0.2) is 36.6 Å². The summed E-state index contributed by atoms with van der Waals surface area (Å²) >= 11 is 0. The van der Waals surface area contributed by atoms with Crippen LogP contribution in [0.1, 0.15) is 6.42 Å². The molecule has 2 amide bonds. The van der Waals surface area contributed by atoms with Gasteiger partial charge in [-0.15, -0.1) is 0 Å². The van der Waals surface area contributed by atoms with Gasteiger partial charge in [-0.25, -0.2) is 4.79 Å². The minimum Gasteiger partial charge on any atom is -0.323 e. The second kappa shape index (κ2) is 4.37. The summed E-state index contributed by atoms with van der Waals surface area (Å²) in [6.07, 6.45) is 1.19. The number of urea groups is 1. The van der Waals surface area contributed by atoms with E-state index in [1.54, 1.807) is 0 Å². The molecule has 3 rings (SSSR count). The molecule has 2 aliphatic rings. The molecular formula is C13H17N3O. The standard InChI is InChI=1S/C13H17N3O/c17-13(15-11-4-2-1-3-5-11)16-8-10-6-7-14-12(10)9-16/h1-5,10,12,14H,6-9H2,(H,15,17)/t10-,12+/m0/s1. The number of hydrogen-bond donors (Lipinski definition) is 2. The van der Waals surface area contributed by atoms with Crippen LogP contribution in [0.3, 0.4) is 0 Å². The third-order valence-electron chi connectivity index (χ3n) is 3.67. The maximum absolute atomic E-state index is 12.0. The van der Waals surface area contributed by atoms with Gasteiger partial charge in [0.25, 0.3) is 0 Å². The van der Waals surface area contributed by atoms with Gasteiger partial charge < -0.3 is 15.5 Å². The monoisotopic (exact) mass is 231 g/mol. The van der Waals surface area contributed by atoms with Crippen molar-refractivity contribution in [3.05, 3.63) is 30.3 Å². The summed E-state index contributed by atoms with van der Waals surface area (Å²) in [5.41, 5.74) is 0.863. The van der Waals surface area contributed by atoms with E-state index in [1.807, 2.05) is 35.2 Å². The van der Waals surface area contributed by atoms with E-state index in [0.717, 1.165) is 25.3 Å². The molecule has 0 saturated carbocycles. The predicted octanol–water partition coefficient (Wildman–Crippen LogP) is 1.51. The first-order valence-electron chi connectivity index (χ1n) is 6.17. The van der Waals surface area contributed by atoms with E-state index < -0.39 is 0 Å². The van der Waals surface area contributed by atoms with Crippen molar-refractivity contribution in [2.45, 2.75) is 12.5 Å². The molecule has 0 unspecified atom stereocenters. The van der Waals surface area contributed by atoms with E-state index in [-0.39, 0.29) is 6.03 Å². The molecular weight excluding hydrogens is 214 g/mol. The molecule has 4 heteroatoms. The van der Waals surface area contributed by atoms with Crippen LogP contribution in [0, 0.1) is 5.92 Å². The number of nitrogens with one attached hydrogen (secondary N) is 2. The molecule has 2 saturated heterocycles. The van der Waals surface area contributed by atoms with Crippen molar-refractivity contribution in [1.29, 1.82) is 0 Å². The first-order valence-corrected chi connectivity index (χ1v) is 6.17. The van der Waals surface area contributed by atoms with E-state index in [2.05, 4.69) is 10.6 Å². The summed E-state index contributed by atoms with van der Waals surface area (Å²) in [4.78, 5) is 13.9. The fourth-order valence-electron chi connectivity index (χ4n) is 2.74. The van der Waals surface area contributed by atoms with Crippen molar-refractivity contribution < 1.29 is 4.79 Å². The van der Waals surface area contributed by atoms with Crippen molar-refractivity contribution in [2.24, 2.45) is 5.92 Å². The number of nitrogens with zero attached hydrogens (tertiary/aromatic N) is 1. The van der Waals surface area contributed by atoms with Crippen LogP contribution in [0.4, 0.5) is 10.5 Å². The highest BCUT2D eigenvalue weighted by Crippen LogP contribution is 2.24. The predicted molar refractivity (Wildman–Crippen MR) is 66.9 cm³/mol. The lowest BCUT2D eigenvalue weighted by atomic mass is 10.1. The number of carbonyl (C=O) groups excluding carboxylic acids is 1. The smallest absolute Gasteiger partial charge is 0.321 e. The Morgan fingerprint density at radius 2 is 2.12 bits per heavy atom. The summed E-state index contributed by atoms with van der Waals surface area (Å²) in [6.45, 7) is 2.82. The SMILES string of the molecule is O=C(Nc1ccccc1)N1C[C@@H]2CCN[C@@H]2C1. The summed E-state index contributed by atoms with van der Waals surface area (Å²) in [5.74, 6) is 0.650. The molecule has 2 heterocycles. The van der Waals surface area contributed by atoms with Gasteiger partial charge in [-0.05, 0) is 31.0 Å². The molecule has 90 valence electrons. The van der Waals surface area contributed by atoms with Gasteiger partial charge in [0.1, 0.15) is 0 Å². The van der Waals surface area contributed by atoms with Crippen molar-refractivity contribution in [3.63, 3.8) is 0 Å².